The average molecular weight is 335 g/mol. The number of carbonyl (C=O) groups excluding carboxylic acids is 2. The molecule has 1 saturated heterocycles. The molecule has 5 nitrogen and oxygen atoms in total. The van der Waals surface area contributed by atoms with E-state index in [0.29, 0.717) is 12.8 Å². The summed E-state index contributed by atoms with van der Waals surface area (Å²) < 4.78 is 24.8. The van der Waals surface area contributed by atoms with Crippen molar-refractivity contribution in [2.45, 2.75) is 32.5 Å². The summed E-state index contributed by atoms with van der Waals surface area (Å²) >= 11 is 0. The second-order valence-electron chi connectivity index (χ2n) is 6.44. The van der Waals surface area contributed by atoms with E-state index in [4.69, 9.17) is 9.47 Å². The third-order valence-corrected chi connectivity index (χ3v) is 4.89. The van der Waals surface area contributed by atoms with Crippen molar-refractivity contribution in [3.63, 3.8) is 0 Å². The first kappa shape index (κ1) is 16.7. The van der Waals surface area contributed by atoms with Crippen molar-refractivity contribution in [3.8, 4) is 0 Å². The lowest BCUT2D eigenvalue weighted by Crippen LogP contribution is -2.34. The first-order valence-corrected chi connectivity index (χ1v) is 8.34. The van der Waals surface area contributed by atoms with Crippen LogP contribution in [-0.2, 0) is 20.9 Å². The number of rotatable bonds is 5. The third-order valence-electron chi connectivity index (χ3n) is 4.89. The molecule has 3 rings (SSSR count). The van der Waals surface area contributed by atoms with Gasteiger partial charge in [0.1, 0.15) is 12.8 Å². The van der Waals surface area contributed by atoms with Crippen LogP contribution < -0.4 is 0 Å². The second kappa shape index (κ2) is 6.79. The SMILES string of the molecule is CCOC(=O)C1(C2CN(C(=O)OCc3ccccc3)CC2F)CC1. The number of likely N-dealkylation sites (tertiary alicyclic amines) is 1. The zero-order valence-corrected chi connectivity index (χ0v) is 13.7. The Morgan fingerprint density at radius 3 is 2.54 bits per heavy atom. The fraction of sp³-hybridized carbons (Fsp3) is 0.556. The molecule has 130 valence electrons. The van der Waals surface area contributed by atoms with Crippen LogP contribution in [0.25, 0.3) is 0 Å². The Labute approximate surface area is 140 Å². The smallest absolute Gasteiger partial charge is 0.410 e. The maximum Gasteiger partial charge on any atom is 0.410 e. The summed E-state index contributed by atoms with van der Waals surface area (Å²) in [6, 6.07) is 9.33. The van der Waals surface area contributed by atoms with Crippen LogP contribution in [0.5, 0.6) is 0 Å². The Bertz CT molecular complexity index is 602. The van der Waals surface area contributed by atoms with E-state index in [0.717, 1.165) is 5.56 Å². The normalized spacial score (nSPS) is 24.5. The highest BCUT2D eigenvalue weighted by Crippen LogP contribution is 2.56. The van der Waals surface area contributed by atoms with Gasteiger partial charge in [-0.15, -0.1) is 0 Å². The minimum atomic E-state index is -1.22. The highest BCUT2D eigenvalue weighted by Gasteiger charge is 2.61. The van der Waals surface area contributed by atoms with Gasteiger partial charge in [0.05, 0.1) is 18.6 Å². The van der Waals surface area contributed by atoms with Crippen molar-refractivity contribution in [3.05, 3.63) is 35.9 Å². The molecule has 2 aliphatic rings. The first-order valence-electron chi connectivity index (χ1n) is 8.34. The molecule has 0 spiro atoms. The van der Waals surface area contributed by atoms with E-state index in [1.165, 1.54) is 4.90 Å². The number of halogens is 1. The molecule has 1 heterocycles. The molecule has 1 amide bonds. The summed E-state index contributed by atoms with van der Waals surface area (Å²) in [5.74, 6) is -0.835. The van der Waals surface area contributed by atoms with Crippen molar-refractivity contribution >= 4 is 12.1 Å². The van der Waals surface area contributed by atoms with Crippen molar-refractivity contribution < 1.29 is 23.5 Å². The maximum atomic E-state index is 14.4. The van der Waals surface area contributed by atoms with Gasteiger partial charge in [-0.2, -0.15) is 0 Å². The molecule has 2 unspecified atom stereocenters. The zero-order chi connectivity index (χ0) is 17.2. The Morgan fingerprint density at radius 2 is 1.92 bits per heavy atom. The topological polar surface area (TPSA) is 55.8 Å². The molecule has 2 fully saturated rings. The molecular formula is C18H22FNO4. The fourth-order valence-corrected chi connectivity index (χ4v) is 3.38. The lowest BCUT2D eigenvalue weighted by molar-refractivity contribution is -0.152. The number of nitrogens with zero attached hydrogens (tertiary/aromatic N) is 1. The molecule has 1 aromatic rings. The molecule has 1 saturated carbocycles. The molecule has 6 heteroatoms. The van der Waals surface area contributed by atoms with E-state index in [1.807, 2.05) is 30.3 Å². The lowest BCUT2D eigenvalue weighted by atomic mass is 9.87. The summed E-state index contributed by atoms with van der Waals surface area (Å²) in [6.07, 6.45) is -0.502. The van der Waals surface area contributed by atoms with Gasteiger partial charge in [0.15, 0.2) is 0 Å². The predicted molar refractivity (Wildman–Crippen MR) is 84.9 cm³/mol. The van der Waals surface area contributed by atoms with Crippen LogP contribution in [0.15, 0.2) is 30.3 Å². The molecule has 0 bridgehead atoms. The largest absolute Gasteiger partial charge is 0.466 e. The van der Waals surface area contributed by atoms with Crippen molar-refractivity contribution in [1.82, 2.24) is 4.90 Å². The molecule has 1 aliphatic carbocycles. The van der Waals surface area contributed by atoms with Crippen LogP contribution in [0.2, 0.25) is 0 Å². The van der Waals surface area contributed by atoms with Gasteiger partial charge in [-0.25, -0.2) is 9.18 Å². The Balaban J connectivity index is 1.57. The summed E-state index contributed by atoms with van der Waals surface area (Å²) in [5, 5.41) is 0. The number of benzene rings is 1. The standard InChI is InChI=1S/C18H22FNO4/c1-2-23-16(21)18(8-9-18)14-10-20(11-15(14)19)17(22)24-12-13-6-4-3-5-7-13/h3-7,14-15H,2,8-12H2,1H3. The molecule has 1 aromatic carbocycles. The Kier molecular flexibility index (Phi) is 4.73. The van der Waals surface area contributed by atoms with E-state index in [-0.39, 0.29) is 32.3 Å². The van der Waals surface area contributed by atoms with Gasteiger partial charge in [-0.05, 0) is 25.3 Å². The van der Waals surface area contributed by atoms with Gasteiger partial charge in [0.25, 0.3) is 0 Å². The minimum absolute atomic E-state index is 0.0283. The van der Waals surface area contributed by atoms with E-state index in [1.54, 1.807) is 6.92 Å². The van der Waals surface area contributed by atoms with Crippen molar-refractivity contribution in [2.75, 3.05) is 19.7 Å². The van der Waals surface area contributed by atoms with Gasteiger partial charge < -0.3 is 14.4 Å². The second-order valence-corrected chi connectivity index (χ2v) is 6.44. The fourth-order valence-electron chi connectivity index (χ4n) is 3.38. The quantitative estimate of drug-likeness (QED) is 0.777. The van der Waals surface area contributed by atoms with E-state index >= 15 is 0 Å². The highest BCUT2D eigenvalue weighted by atomic mass is 19.1. The van der Waals surface area contributed by atoms with E-state index in [9.17, 15) is 14.0 Å². The number of hydrogen-bond donors (Lipinski definition) is 0. The van der Waals surface area contributed by atoms with Crippen LogP contribution >= 0.6 is 0 Å². The molecule has 0 radical (unpaired) electrons. The number of amides is 1. The van der Waals surface area contributed by atoms with Crippen molar-refractivity contribution in [1.29, 1.82) is 0 Å². The summed E-state index contributed by atoms with van der Waals surface area (Å²) in [6.45, 7) is 2.35. The monoisotopic (exact) mass is 335 g/mol. The van der Waals surface area contributed by atoms with Gasteiger partial charge in [0, 0.05) is 12.5 Å². The van der Waals surface area contributed by atoms with Crippen LogP contribution in [0.3, 0.4) is 0 Å². The number of carbonyl (C=O) groups is 2. The Hall–Kier alpha value is -2.11. The van der Waals surface area contributed by atoms with Gasteiger partial charge in [-0.3, -0.25) is 4.79 Å². The van der Waals surface area contributed by atoms with Crippen molar-refractivity contribution in [2.24, 2.45) is 11.3 Å². The molecule has 2 atom stereocenters. The predicted octanol–water partition coefficient (Wildman–Crippen LogP) is 2.94. The number of esters is 1. The average Bonchev–Trinajstić information content (AvgIpc) is 3.30. The van der Waals surface area contributed by atoms with Crippen LogP contribution in [0, 0.1) is 11.3 Å². The van der Waals surface area contributed by atoms with Crippen LogP contribution in [0.1, 0.15) is 25.3 Å². The van der Waals surface area contributed by atoms with E-state index in [2.05, 4.69) is 0 Å². The van der Waals surface area contributed by atoms with Gasteiger partial charge >= 0.3 is 12.1 Å². The highest BCUT2D eigenvalue weighted by molar-refractivity contribution is 5.81. The first-order chi connectivity index (χ1) is 11.6. The molecule has 0 N–H and O–H groups in total. The lowest BCUT2D eigenvalue weighted by Gasteiger charge is -2.22. The summed E-state index contributed by atoms with van der Waals surface area (Å²) in [5.41, 5.74) is 0.132. The summed E-state index contributed by atoms with van der Waals surface area (Å²) in [4.78, 5) is 25.7. The maximum absolute atomic E-state index is 14.4. The molecule has 1 aliphatic heterocycles. The molecular weight excluding hydrogens is 313 g/mol. The Morgan fingerprint density at radius 1 is 1.21 bits per heavy atom. The summed E-state index contributed by atoms with van der Waals surface area (Å²) in [7, 11) is 0. The minimum Gasteiger partial charge on any atom is -0.466 e. The van der Waals surface area contributed by atoms with E-state index < -0.39 is 23.6 Å². The van der Waals surface area contributed by atoms with Crippen LogP contribution in [-0.4, -0.2) is 42.8 Å². The van der Waals surface area contributed by atoms with Gasteiger partial charge in [-0.1, -0.05) is 30.3 Å². The number of alkyl halides is 1. The van der Waals surface area contributed by atoms with Crippen LogP contribution in [0.4, 0.5) is 9.18 Å². The third kappa shape index (κ3) is 3.23. The molecule has 24 heavy (non-hydrogen) atoms. The molecule has 0 aromatic heterocycles. The number of ether oxygens (including phenoxy) is 2. The van der Waals surface area contributed by atoms with Gasteiger partial charge in [0.2, 0.25) is 0 Å². The number of hydrogen-bond acceptors (Lipinski definition) is 4. The zero-order valence-electron chi connectivity index (χ0n) is 13.7.